The molecule has 1 N–H and O–H groups in total. The second-order valence-corrected chi connectivity index (χ2v) is 4.26. The third-order valence-corrected chi connectivity index (χ3v) is 2.80. The molecule has 3 heteroatoms. The van der Waals surface area contributed by atoms with Crippen LogP contribution in [0.15, 0.2) is 30.3 Å². The van der Waals surface area contributed by atoms with Crippen molar-refractivity contribution in [3.8, 4) is 0 Å². The highest BCUT2D eigenvalue weighted by Crippen LogP contribution is 2.17. The molecule has 0 aliphatic carbocycles. The maximum absolute atomic E-state index is 11.3. The molecule has 0 bridgehead atoms. The molecule has 1 aromatic carbocycles. The van der Waals surface area contributed by atoms with Crippen LogP contribution in [0, 0.1) is 0 Å². The van der Waals surface area contributed by atoms with E-state index in [4.69, 9.17) is 4.74 Å². The Morgan fingerprint density at radius 1 is 1.28 bits per heavy atom. The van der Waals surface area contributed by atoms with Gasteiger partial charge in [-0.2, -0.15) is 0 Å². The van der Waals surface area contributed by atoms with Gasteiger partial charge in [0.2, 0.25) is 0 Å². The summed E-state index contributed by atoms with van der Waals surface area (Å²) >= 11 is 0. The molecule has 0 aromatic heterocycles. The highest BCUT2D eigenvalue weighted by Gasteiger charge is 2.10. The van der Waals surface area contributed by atoms with E-state index in [0.717, 1.165) is 12.8 Å². The van der Waals surface area contributed by atoms with Crippen LogP contribution in [0.1, 0.15) is 44.7 Å². The molecule has 0 saturated heterocycles. The van der Waals surface area contributed by atoms with E-state index in [1.807, 2.05) is 25.1 Å². The first-order valence-electron chi connectivity index (χ1n) is 6.71. The standard InChI is InChI=1S/C15H23NO2/c1-3-8-14(13-9-6-5-7-10-13)16-12-11-15(17)18-4-2/h5-7,9-10,14,16H,3-4,8,11-12H2,1-2H3. The van der Waals surface area contributed by atoms with E-state index in [0.29, 0.717) is 25.6 Å². The van der Waals surface area contributed by atoms with Crippen LogP contribution < -0.4 is 5.32 Å². The summed E-state index contributed by atoms with van der Waals surface area (Å²) in [6.45, 7) is 5.12. The summed E-state index contributed by atoms with van der Waals surface area (Å²) in [6, 6.07) is 10.7. The van der Waals surface area contributed by atoms with Crippen molar-refractivity contribution in [1.29, 1.82) is 0 Å². The van der Waals surface area contributed by atoms with Crippen LogP contribution in [0.3, 0.4) is 0 Å². The van der Waals surface area contributed by atoms with Gasteiger partial charge < -0.3 is 10.1 Å². The van der Waals surface area contributed by atoms with E-state index < -0.39 is 0 Å². The summed E-state index contributed by atoms with van der Waals surface area (Å²) in [5, 5.41) is 3.43. The number of hydrogen-bond acceptors (Lipinski definition) is 3. The van der Waals surface area contributed by atoms with Gasteiger partial charge in [0.05, 0.1) is 13.0 Å². The van der Waals surface area contributed by atoms with E-state index >= 15 is 0 Å². The van der Waals surface area contributed by atoms with E-state index in [1.54, 1.807) is 0 Å². The molecule has 1 unspecified atom stereocenters. The van der Waals surface area contributed by atoms with Gasteiger partial charge in [-0.3, -0.25) is 4.79 Å². The average molecular weight is 249 g/mol. The Hall–Kier alpha value is -1.35. The van der Waals surface area contributed by atoms with E-state index in [1.165, 1.54) is 5.56 Å². The normalized spacial score (nSPS) is 12.1. The maximum atomic E-state index is 11.3. The quantitative estimate of drug-likeness (QED) is 0.720. The molecular weight excluding hydrogens is 226 g/mol. The van der Waals surface area contributed by atoms with Crippen molar-refractivity contribution in [2.45, 2.75) is 39.2 Å². The van der Waals surface area contributed by atoms with Crippen molar-refractivity contribution in [3.05, 3.63) is 35.9 Å². The summed E-state index contributed by atoms with van der Waals surface area (Å²) in [5.74, 6) is -0.131. The predicted octanol–water partition coefficient (Wildman–Crippen LogP) is 3.07. The Kier molecular flexibility index (Phi) is 7.11. The minimum Gasteiger partial charge on any atom is -0.466 e. The fourth-order valence-corrected chi connectivity index (χ4v) is 1.94. The number of esters is 1. The first-order valence-corrected chi connectivity index (χ1v) is 6.71. The topological polar surface area (TPSA) is 38.3 Å². The molecule has 0 aliphatic heterocycles. The molecule has 0 radical (unpaired) electrons. The van der Waals surface area contributed by atoms with E-state index in [9.17, 15) is 4.79 Å². The molecule has 0 saturated carbocycles. The lowest BCUT2D eigenvalue weighted by atomic mass is 10.0. The van der Waals surface area contributed by atoms with Crippen LogP contribution in [0.5, 0.6) is 0 Å². The number of ether oxygens (including phenoxy) is 1. The number of carbonyl (C=O) groups is 1. The minimum atomic E-state index is -0.131. The van der Waals surface area contributed by atoms with Gasteiger partial charge in [-0.1, -0.05) is 43.7 Å². The molecule has 0 spiro atoms. The zero-order chi connectivity index (χ0) is 13.2. The molecule has 0 amide bonds. The first-order chi connectivity index (χ1) is 8.77. The number of rotatable bonds is 8. The SMILES string of the molecule is CCCC(NCCC(=O)OCC)c1ccccc1. The van der Waals surface area contributed by atoms with Gasteiger partial charge in [-0.05, 0) is 18.9 Å². The molecule has 0 heterocycles. The van der Waals surface area contributed by atoms with Gasteiger partial charge in [-0.25, -0.2) is 0 Å². The minimum absolute atomic E-state index is 0.131. The zero-order valence-electron chi connectivity index (χ0n) is 11.3. The smallest absolute Gasteiger partial charge is 0.307 e. The Labute approximate surface area is 110 Å². The third kappa shape index (κ3) is 5.32. The first kappa shape index (κ1) is 14.7. The highest BCUT2D eigenvalue weighted by molar-refractivity contribution is 5.69. The molecule has 18 heavy (non-hydrogen) atoms. The van der Waals surface area contributed by atoms with Crippen LogP contribution in [0.4, 0.5) is 0 Å². The molecule has 1 rings (SSSR count). The summed E-state index contributed by atoms with van der Waals surface area (Å²) < 4.78 is 4.91. The number of hydrogen-bond donors (Lipinski definition) is 1. The van der Waals surface area contributed by atoms with Crippen molar-refractivity contribution in [3.63, 3.8) is 0 Å². The van der Waals surface area contributed by atoms with Crippen molar-refractivity contribution in [2.75, 3.05) is 13.2 Å². The lowest BCUT2D eigenvalue weighted by Gasteiger charge is -2.18. The Morgan fingerprint density at radius 3 is 2.61 bits per heavy atom. The maximum Gasteiger partial charge on any atom is 0.307 e. The van der Waals surface area contributed by atoms with Crippen molar-refractivity contribution >= 4 is 5.97 Å². The van der Waals surface area contributed by atoms with Gasteiger partial charge in [0, 0.05) is 12.6 Å². The fraction of sp³-hybridized carbons (Fsp3) is 0.533. The van der Waals surface area contributed by atoms with Gasteiger partial charge in [-0.15, -0.1) is 0 Å². The van der Waals surface area contributed by atoms with Crippen LogP contribution in [0.2, 0.25) is 0 Å². The zero-order valence-corrected chi connectivity index (χ0v) is 11.3. The van der Waals surface area contributed by atoms with E-state index in [2.05, 4.69) is 24.4 Å². The Morgan fingerprint density at radius 2 is 2.00 bits per heavy atom. The Bertz CT molecular complexity index is 338. The van der Waals surface area contributed by atoms with Crippen LogP contribution in [-0.2, 0) is 9.53 Å². The highest BCUT2D eigenvalue weighted by atomic mass is 16.5. The number of carbonyl (C=O) groups excluding carboxylic acids is 1. The van der Waals surface area contributed by atoms with Gasteiger partial charge in [0.1, 0.15) is 0 Å². The molecule has 0 aliphatic rings. The van der Waals surface area contributed by atoms with Crippen molar-refractivity contribution in [2.24, 2.45) is 0 Å². The molecule has 1 aromatic rings. The number of nitrogens with one attached hydrogen (secondary N) is 1. The molecule has 3 nitrogen and oxygen atoms in total. The fourth-order valence-electron chi connectivity index (χ4n) is 1.94. The Balaban J connectivity index is 2.42. The summed E-state index contributed by atoms with van der Waals surface area (Å²) in [6.07, 6.45) is 2.62. The molecule has 1 atom stereocenters. The summed E-state index contributed by atoms with van der Waals surface area (Å²) in [5.41, 5.74) is 1.28. The summed E-state index contributed by atoms with van der Waals surface area (Å²) in [4.78, 5) is 11.3. The van der Waals surface area contributed by atoms with Crippen LogP contribution in [-0.4, -0.2) is 19.1 Å². The lowest BCUT2D eigenvalue weighted by molar-refractivity contribution is -0.143. The van der Waals surface area contributed by atoms with Gasteiger partial charge in [0.25, 0.3) is 0 Å². The molecule has 100 valence electrons. The second-order valence-electron chi connectivity index (χ2n) is 4.26. The monoisotopic (exact) mass is 249 g/mol. The van der Waals surface area contributed by atoms with E-state index in [-0.39, 0.29) is 5.97 Å². The summed E-state index contributed by atoms with van der Waals surface area (Å²) in [7, 11) is 0. The average Bonchev–Trinajstić information content (AvgIpc) is 2.39. The van der Waals surface area contributed by atoms with Crippen molar-refractivity contribution in [1.82, 2.24) is 5.32 Å². The van der Waals surface area contributed by atoms with Gasteiger partial charge >= 0.3 is 5.97 Å². The molecule has 0 fully saturated rings. The number of benzene rings is 1. The third-order valence-electron chi connectivity index (χ3n) is 2.80. The predicted molar refractivity (Wildman–Crippen MR) is 73.3 cm³/mol. The van der Waals surface area contributed by atoms with Gasteiger partial charge in [0.15, 0.2) is 0 Å². The van der Waals surface area contributed by atoms with Crippen LogP contribution in [0.25, 0.3) is 0 Å². The van der Waals surface area contributed by atoms with Crippen LogP contribution >= 0.6 is 0 Å². The second kappa shape index (κ2) is 8.70. The van der Waals surface area contributed by atoms with Crippen molar-refractivity contribution < 1.29 is 9.53 Å². The molecular formula is C15H23NO2. The largest absolute Gasteiger partial charge is 0.466 e. The lowest BCUT2D eigenvalue weighted by Crippen LogP contribution is -2.24.